The number of carbonyl (C=O) groups excluding carboxylic acids is 4. The number of carbonyl (C=O) groups is 4. The summed E-state index contributed by atoms with van der Waals surface area (Å²) in [4.78, 5) is 48.2. The van der Waals surface area contributed by atoms with Crippen molar-refractivity contribution in [1.82, 2.24) is 10.2 Å². The molecule has 1 fully saturated rings. The van der Waals surface area contributed by atoms with Crippen LogP contribution in [-0.2, 0) is 14.3 Å². The van der Waals surface area contributed by atoms with E-state index in [1.54, 1.807) is 12.1 Å². The second kappa shape index (κ2) is 7.72. The highest BCUT2D eigenvalue weighted by molar-refractivity contribution is 5.99. The number of ether oxygens (including phenoxy) is 1. The van der Waals surface area contributed by atoms with E-state index < -0.39 is 24.0 Å². The Bertz CT molecular complexity index is 653. The summed E-state index contributed by atoms with van der Waals surface area (Å²) in [5.41, 5.74) is 1.58. The van der Waals surface area contributed by atoms with Gasteiger partial charge >= 0.3 is 12.0 Å². The molecule has 1 aliphatic heterocycles. The summed E-state index contributed by atoms with van der Waals surface area (Å²) in [5.74, 6) is -1.37. The first-order valence-corrected chi connectivity index (χ1v) is 7.77. The fourth-order valence-corrected chi connectivity index (χ4v) is 2.31. The maximum absolute atomic E-state index is 12.0. The Morgan fingerprint density at radius 1 is 1.21 bits per heavy atom. The number of hydrogen-bond acceptors (Lipinski definition) is 5. The van der Waals surface area contributed by atoms with E-state index in [0.717, 1.165) is 10.5 Å². The molecule has 1 aromatic carbocycles. The molecule has 0 radical (unpaired) electrons. The number of hydrogen-bond donors (Lipinski definition) is 1. The van der Waals surface area contributed by atoms with Gasteiger partial charge in [0.05, 0.1) is 6.42 Å². The van der Waals surface area contributed by atoms with Crippen molar-refractivity contribution in [3.05, 3.63) is 35.4 Å². The molecule has 1 atom stereocenters. The standard InChI is InChI=1S/C17H20N2O5/c1-11-3-5-13(6-4-11)14(20)7-8-15(21)24-12(2)16(22)19-10-9-18-17(19)23/h3-6,12H,7-10H2,1-2H3,(H,18,23)/t12-/m0/s1. The molecule has 0 saturated carbocycles. The molecule has 24 heavy (non-hydrogen) atoms. The molecule has 1 heterocycles. The molecule has 1 N–H and O–H groups in total. The van der Waals surface area contributed by atoms with Crippen molar-refractivity contribution in [2.45, 2.75) is 32.8 Å². The van der Waals surface area contributed by atoms with E-state index in [1.165, 1.54) is 6.92 Å². The van der Waals surface area contributed by atoms with Gasteiger partial charge in [-0.25, -0.2) is 4.79 Å². The highest BCUT2D eigenvalue weighted by Crippen LogP contribution is 2.10. The highest BCUT2D eigenvalue weighted by atomic mass is 16.5. The first-order chi connectivity index (χ1) is 11.4. The van der Waals surface area contributed by atoms with Crippen LogP contribution in [0.25, 0.3) is 0 Å². The van der Waals surface area contributed by atoms with Gasteiger partial charge in [0.1, 0.15) is 0 Å². The normalized spacial score (nSPS) is 14.9. The number of imide groups is 1. The summed E-state index contributed by atoms with van der Waals surface area (Å²) in [6, 6.07) is 6.58. The lowest BCUT2D eigenvalue weighted by Crippen LogP contribution is -2.41. The van der Waals surface area contributed by atoms with Crippen LogP contribution in [0, 0.1) is 6.92 Å². The second-order valence-electron chi connectivity index (χ2n) is 5.64. The molecular weight excluding hydrogens is 312 g/mol. The Labute approximate surface area is 140 Å². The molecule has 1 saturated heterocycles. The van der Waals surface area contributed by atoms with Gasteiger partial charge in [0, 0.05) is 25.1 Å². The molecule has 3 amide bonds. The molecule has 1 aliphatic rings. The Balaban J connectivity index is 1.80. The van der Waals surface area contributed by atoms with Gasteiger partial charge in [-0.1, -0.05) is 29.8 Å². The third-order valence-corrected chi connectivity index (χ3v) is 3.71. The van der Waals surface area contributed by atoms with Crippen molar-refractivity contribution in [2.75, 3.05) is 13.1 Å². The van der Waals surface area contributed by atoms with Gasteiger partial charge < -0.3 is 10.1 Å². The summed E-state index contributed by atoms with van der Waals surface area (Å²) in [6.45, 7) is 3.97. The Hall–Kier alpha value is -2.70. The van der Waals surface area contributed by atoms with Crippen LogP contribution >= 0.6 is 0 Å². The zero-order valence-electron chi connectivity index (χ0n) is 13.7. The number of urea groups is 1. The molecule has 0 bridgehead atoms. The number of Topliss-reactive ketones (excluding diaryl/α,β-unsaturated/α-hetero) is 1. The Kier molecular flexibility index (Phi) is 5.68. The molecule has 0 aliphatic carbocycles. The zero-order valence-corrected chi connectivity index (χ0v) is 13.7. The van der Waals surface area contributed by atoms with Gasteiger partial charge in [-0.2, -0.15) is 0 Å². The SMILES string of the molecule is Cc1ccc(C(=O)CCC(=O)O[C@@H](C)C(=O)N2CCNC2=O)cc1. The van der Waals surface area contributed by atoms with Crippen molar-refractivity contribution in [3.8, 4) is 0 Å². The topological polar surface area (TPSA) is 92.8 Å². The Morgan fingerprint density at radius 3 is 2.46 bits per heavy atom. The first kappa shape index (κ1) is 17.7. The van der Waals surface area contributed by atoms with E-state index in [1.807, 2.05) is 19.1 Å². The average molecular weight is 332 g/mol. The molecule has 0 unspecified atom stereocenters. The Morgan fingerprint density at radius 2 is 1.88 bits per heavy atom. The highest BCUT2D eigenvalue weighted by Gasteiger charge is 2.31. The predicted octanol–water partition coefficient (Wildman–Crippen LogP) is 1.44. The molecule has 0 spiro atoms. The summed E-state index contributed by atoms with van der Waals surface area (Å²) < 4.78 is 5.02. The summed E-state index contributed by atoms with van der Waals surface area (Å²) in [5, 5.41) is 2.50. The van der Waals surface area contributed by atoms with Crippen LogP contribution in [0.3, 0.4) is 0 Å². The number of rotatable bonds is 6. The van der Waals surface area contributed by atoms with Crippen LogP contribution in [0.15, 0.2) is 24.3 Å². The molecule has 7 heteroatoms. The third-order valence-electron chi connectivity index (χ3n) is 3.71. The number of amides is 3. The van der Waals surface area contributed by atoms with Crippen molar-refractivity contribution in [2.24, 2.45) is 0 Å². The quantitative estimate of drug-likeness (QED) is 0.628. The van der Waals surface area contributed by atoms with Gasteiger partial charge in [-0.05, 0) is 13.8 Å². The molecule has 128 valence electrons. The molecule has 1 aromatic rings. The van der Waals surface area contributed by atoms with Crippen LogP contribution in [0.2, 0.25) is 0 Å². The third kappa shape index (κ3) is 4.41. The lowest BCUT2D eigenvalue weighted by molar-refractivity contribution is -0.157. The lowest BCUT2D eigenvalue weighted by Gasteiger charge is -2.18. The number of esters is 1. The lowest BCUT2D eigenvalue weighted by atomic mass is 10.1. The van der Waals surface area contributed by atoms with E-state index in [2.05, 4.69) is 5.32 Å². The summed E-state index contributed by atoms with van der Waals surface area (Å²) >= 11 is 0. The number of nitrogens with one attached hydrogen (secondary N) is 1. The minimum Gasteiger partial charge on any atom is -0.453 e. The van der Waals surface area contributed by atoms with Crippen molar-refractivity contribution in [1.29, 1.82) is 0 Å². The molecule has 2 rings (SSSR count). The zero-order chi connectivity index (χ0) is 17.7. The number of aryl methyl sites for hydroxylation is 1. The van der Waals surface area contributed by atoms with Crippen LogP contribution < -0.4 is 5.32 Å². The molecule has 7 nitrogen and oxygen atoms in total. The van der Waals surface area contributed by atoms with E-state index in [-0.39, 0.29) is 25.2 Å². The monoisotopic (exact) mass is 332 g/mol. The minimum absolute atomic E-state index is 0.00695. The van der Waals surface area contributed by atoms with Gasteiger partial charge in [0.2, 0.25) is 0 Å². The molecule has 0 aromatic heterocycles. The minimum atomic E-state index is -1.06. The summed E-state index contributed by atoms with van der Waals surface area (Å²) in [6.07, 6.45) is -1.17. The maximum atomic E-state index is 12.0. The van der Waals surface area contributed by atoms with Crippen molar-refractivity contribution < 1.29 is 23.9 Å². The van der Waals surface area contributed by atoms with Crippen molar-refractivity contribution in [3.63, 3.8) is 0 Å². The number of nitrogens with zero attached hydrogens (tertiary/aromatic N) is 1. The fraction of sp³-hybridized carbons (Fsp3) is 0.412. The van der Waals surface area contributed by atoms with E-state index in [9.17, 15) is 19.2 Å². The van der Waals surface area contributed by atoms with Crippen LogP contribution in [0.1, 0.15) is 35.7 Å². The van der Waals surface area contributed by atoms with Crippen LogP contribution in [0.5, 0.6) is 0 Å². The first-order valence-electron chi connectivity index (χ1n) is 7.77. The number of ketones is 1. The smallest absolute Gasteiger partial charge is 0.324 e. The predicted molar refractivity (Wildman–Crippen MR) is 85.4 cm³/mol. The van der Waals surface area contributed by atoms with Crippen molar-refractivity contribution >= 4 is 23.7 Å². The van der Waals surface area contributed by atoms with Gasteiger partial charge in [-0.3, -0.25) is 19.3 Å². The van der Waals surface area contributed by atoms with Gasteiger partial charge in [0.15, 0.2) is 11.9 Å². The van der Waals surface area contributed by atoms with Gasteiger partial charge in [-0.15, -0.1) is 0 Å². The van der Waals surface area contributed by atoms with E-state index in [0.29, 0.717) is 12.1 Å². The average Bonchev–Trinajstić information content (AvgIpc) is 2.98. The largest absolute Gasteiger partial charge is 0.453 e. The van der Waals surface area contributed by atoms with E-state index in [4.69, 9.17) is 4.74 Å². The van der Waals surface area contributed by atoms with Gasteiger partial charge in [0.25, 0.3) is 5.91 Å². The van der Waals surface area contributed by atoms with Crippen LogP contribution in [0.4, 0.5) is 4.79 Å². The summed E-state index contributed by atoms with van der Waals surface area (Å²) in [7, 11) is 0. The fourth-order valence-electron chi connectivity index (χ4n) is 2.31. The van der Waals surface area contributed by atoms with Crippen LogP contribution in [-0.4, -0.2) is 47.8 Å². The number of benzene rings is 1. The van der Waals surface area contributed by atoms with E-state index >= 15 is 0 Å². The molecular formula is C17H20N2O5. The second-order valence-corrected chi connectivity index (χ2v) is 5.64. The maximum Gasteiger partial charge on any atom is 0.324 e.